The lowest BCUT2D eigenvalue weighted by Gasteiger charge is -2.25. The van der Waals surface area contributed by atoms with Crippen LogP contribution in [0.5, 0.6) is 0 Å². The first-order chi connectivity index (χ1) is 9.54. The van der Waals surface area contributed by atoms with Crippen LogP contribution in [0.15, 0.2) is 18.2 Å². The van der Waals surface area contributed by atoms with Crippen molar-refractivity contribution < 1.29 is 9.53 Å². The summed E-state index contributed by atoms with van der Waals surface area (Å²) in [5, 5.41) is 4.37. The van der Waals surface area contributed by atoms with E-state index in [0.717, 1.165) is 18.7 Å². The number of hydrogen-bond acceptors (Lipinski definition) is 3. The van der Waals surface area contributed by atoms with Gasteiger partial charge in [0, 0.05) is 36.7 Å². The van der Waals surface area contributed by atoms with Crippen molar-refractivity contribution in [1.82, 2.24) is 10.2 Å². The zero-order valence-corrected chi connectivity index (χ0v) is 14.1. The van der Waals surface area contributed by atoms with Crippen LogP contribution in [-0.4, -0.2) is 43.7 Å². The first kappa shape index (κ1) is 18.5. The van der Waals surface area contributed by atoms with Crippen molar-refractivity contribution in [2.45, 2.75) is 19.1 Å². The van der Waals surface area contributed by atoms with Crippen LogP contribution in [0, 0.1) is 0 Å². The zero-order chi connectivity index (χ0) is 14.5. The summed E-state index contributed by atoms with van der Waals surface area (Å²) in [5.41, 5.74) is 0.918. The fourth-order valence-electron chi connectivity index (χ4n) is 2.17. The van der Waals surface area contributed by atoms with Gasteiger partial charge in [0.2, 0.25) is 5.91 Å². The number of morpholine rings is 1. The molecule has 1 unspecified atom stereocenters. The third kappa shape index (κ3) is 6.01. The average molecular weight is 354 g/mol. The number of nitrogens with zero attached hydrogens (tertiary/aromatic N) is 1. The maximum Gasteiger partial charge on any atom is 0.225 e. The summed E-state index contributed by atoms with van der Waals surface area (Å²) in [7, 11) is 1.77. The maximum atomic E-state index is 12.1. The van der Waals surface area contributed by atoms with Crippen LogP contribution < -0.4 is 5.32 Å². The second-order valence-corrected chi connectivity index (χ2v) is 5.80. The minimum absolute atomic E-state index is 0. The number of hydrogen-bond donors (Lipinski definition) is 1. The lowest BCUT2D eigenvalue weighted by molar-refractivity contribution is -0.133. The first-order valence-electron chi connectivity index (χ1n) is 6.56. The van der Waals surface area contributed by atoms with Crippen LogP contribution >= 0.6 is 35.6 Å². The Kier molecular flexibility index (Phi) is 7.77. The van der Waals surface area contributed by atoms with Crippen molar-refractivity contribution in [3.05, 3.63) is 33.8 Å². The summed E-state index contributed by atoms with van der Waals surface area (Å²) < 4.78 is 5.53. The Morgan fingerprint density at radius 1 is 1.38 bits per heavy atom. The Morgan fingerprint density at radius 2 is 2.05 bits per heavy atom. The molecule has 1 aliphatic heterocycles. The van der Waals surface area contributed by atoms with E-state index in [1.165, 1.54) is 0 Å². The Balaban J connectivity index is 0.00000220. The van der Waals surface area contributed by atoms with Gasteiger partial charge in [0.05, 0.1) is 19.1 Å². The van der Waals surface area contributed by atoms with Gasteiger partial charge in [0.25, 0.3) is 0 Å². The van der Waals surface area contributed by atoms with Gasteiger partial charge in [-0.15, -0.1) is 12.4 Å². The maximum absolute atomic E-state index is 12.1. The lowest BCUT2D eigenvalue weighted by Crippen LogP contribution is -2.41. The van der Waals surface area contributed by atoms with E-state index in [0.29, 0.717) is 29.6 Å². The van der Waals surface area contributed by atoms with E-state index in [-0.39, 0.29) is 24.4 Å². The molecule has 7 heteroatoms. The third-order valence-corrected chi connectivity index (χ3v) is 3.61. The number of ether oxygens (including phenoxy) is 1. The van der Waals surface area contributed by atoms with Gasteiger partial charge in [0.15, 0.2) is 0 Å². The first-order valence-corrected chi connectivity index (χ1v) is 7.31. The minimum Gasteiger partial charge on any atom is -0.375 e. The third-order valence-electron chi connectivity index (χ3n) is 3.17. The molecular weight excluding hydrogens is 335 g/mol. The molecule has 4 nitrogen and oxygen atoms in total. The van der Waals surface area contributed by atoms with Gasteiger partial charge in [-0.3, -0.25) is 4.79 Å². The Labute approximate surface area is 141 Å². The molecule has 1 aliphatic rings. The van der Waals surface area contributed by atoms with Crippen molar-refractivity contribution in [3.8, 4) is 0 Å². The topological polar surface area (TPSA) is 41.6 Å². The van der Waals surface area contributed by atoms with Gasteiger partial charge in [-0.1, -0.05) is 23.2 Å². The summed E-state index contributed by atoms with van der Waals surface area (Å²) in [6.45, 7) is 2.72. The fraction of sp³-hybridized carbons (Fsp3) is 0.500. The van der Waals surface area contributed by atoms with Crippen molar-refractivity contribution in [1.29, 1.82) is 0 Å². The van der Waals surface area contributed by atoms with Crippen molar-refractivity contribution >= 4 is 41.5 Å². The van der Waals surface area contributed by atoms with Crippen LogP contribution in [0.25, 0.3) is 0 Å². The number of rotatable bonds is 4. The molecule has 1 aromatic carbocycles. The van der Waals surface area contributed by atoms with Crippen LogP contribution in [-0.2, 0) is 16.1 Å². The van der Waals surface area contributed by atoms with E-state index in [9.17, 15) is 4.79 Å². The Morgan fingerprint density at radius 3 is 2.62 bits per heavy atom. The summed E-state index contributed by atoms with van der Waals surface area (Å²) in [6.07, 6.45) is 0.347. The standard InChI is InChI=1S/C14H18Cl2N2O2.ClH/c1-18(9-10-4-11(15)6-12(16)5-10)14(19)7-13-8-17-2-3-20-13;/h4-6,13,17H,2-3,7-9H2,1H3;1H. The van der Waals surface area contributed by atoms with Gasteiger partial charge in [0.1, 0.15) is 0 Å². The smallest absolute Gasteiger partial charge is 0.225 e. The van der Waals surface area contributed by atoms with Gasteiger partial charge >= 0.3 is 0 Å². The predicted molar refractivity (Wildman–Crippen MR) is 87.4 cm³/mol. The molecule has 0 spiro atoms. The van der Waals surface area contributed by atoms with Gasteiger partial charge in [-0.05, 0) is 23.8 Å². The van der Waals surface area contributed by atoms with E-state index in [2.05, 4.69) is 5.32 Å². The largest absolute Gasteiger partial charge is 0.375 e. The number of carbonyl (C=O) groups is 1. The quantitative estimate of drug-likeness (QED) is 0.905. The molecule has 1 aromatic rings. The van der Waals surface area contributed by atoms with Crippen molar-refractivity contribution in [2.75, 3.05) is 26.7 Å². The second kappa shape index (κ2) is 8.81. The number of benzene rings is 1. The second-order valence-electron chi connectivity index (χ2n) is 4.93. The number of amides is 1. The van der Waals surface area contributed by atoms with Crippen LogP contribution in [0.2, 0.25) is 10.0 Å². The van der Waals surface area contributed by atoms with Gasteiger partial charge < -0.3 is 15.0 Å². The summed E-state index contributed by atoms with van der Waals surface area (Å²) in [6, 6.07) is 5.31. The van der Waals surface area contributed by atoms with E-state index in [1.807, 2.05) is 12.1 Å². The molecule has 1 fully saturated rings. The summed E-state index contributed by atoms with van der Waals surface area (Å²) >= 11 is 11.9. The minimum atomic E-state index is -0.0401. The summed E-state index contributed by atoms with van der Waals surface area (Å²) in [5.74, 6) is 0.0507. The predicted octanol–water partition coefficient (Wildman–Crippen LogP) is 2.75. The van der Waals surface area contributed by atoms with Crippen LogP contribution in [0.1, 0.15) is 12.0 Å². The van der Waals surface area contributed by atoms with Crippen LogP contribution in [0.4, 0.5) is 0 Å². The molecule has 0 radical (unpaired) electrons. The molecule has 0 aromatic heterocycles. The zero-order valence-electron chi connectivity index (χ0n) is 11.8. The monoisotopic (exact) mass is 352 g/mol. The molecule has 1 atom stereocenters. The molecule has 1 N–H and O–H groups in total. The highest BCUT2D eigenvalue weighted by Gasteiger charge is 2.19. The van der Waals surface area contributed by atoms with E-state index in [1.54, 1.807) is 18.0 Å². The van der Waals surface area contributed by atoms with Gasteiger partial charge in [-0.25, -0.2) is 0 Å². The molecule has 0 saturated carbocycles. The van der Waals surface area contributed by atoms with Crippen molar-refractivity contribution in [2.24, 2.45) is 0 Å². The fourth-order valence-corrected chi connectivity index (χ4v) is 2.74. The van der Waals surface area contributed by atoms with Gasteiger partial charge in [-0.2, -0.15) is 0 Å². The van der Waals surface area contributed by atoms with E-state index < -0.39 is 0 Å². The molecule has 1 saturated heterocycles. The lowest BCUT2D eigenvalue weighted by atomic mass is 10.1. The molecule has 2 rings (SSSR count). The summed E-state index contributed by atoms with van der Waals surface area (Å²) in [4.78, 5) is 13.8. The highest BCUT2D eigenvalue weighted by atomic mass is 35.5. The number of halogens is 3. The molecule has 0 aliphatic carbocycles. The molecule has 1 amide bonds. The van der Waals surface area contributed by atoms with E-state index in [4.69, 9.17) is 27.9 Å². The Bertz CT molecular complexity index is 459. The highest BCUT2D eigenvalue weighted by Crippen LogP contribution is 2.20. The highest BCUT2D eigenvalue weighted by molar-refractivity contribution is 6.34. The molecule has 118 valence electrons. The molecule has 0 bridgehead atoms. The van der Waals surface area contributed by atoms with Crippen LogP contribution in [0.3, 0.4) is 0 Å². The number of carbonyl (C=O) groups excluding carboxylic acids is 1. The van der Waals surface area contributed by atoms with E-state index >= 15 is 0 Å². The average Bonchev–Trinajstić information content (AvgIpc) is 2.38. The molecular formula is C14H19Cl3N2O2. The SMILES string of the molecule is CN(Cc1cc(Cl)cc(Cl)c1)C(=O)CC1CNCCO1.Cl. The molecule has 21 heavy (non-hydrogen) atoms. The van der Waals surface area contributed by atoms with Crippen molar-refractivity contribution in [3.63, 3.8) is 0 Å². The normalized spacial score (nSPS) is 18.0. The molecule has 1 heterocycles. The number of nitrogens with one attached hydrogen (secondary N) is 1. The Hall–Kier alpha value is -0.520.